The molecule has 3 heteroatoms. The van der Waals surface area contributed by atoms with E-state index >= 15 is 0 Å². The maximum atomic E-state index is 12.5. The fraction of sp³-hybridized carbons (Fsp3) is 0.409. The Morgan fingerprint density at radius 3 is 2.52 bits per heavy atom. The van der Waals surface area contributed by atoms with Crippen LogP contribution in [-0.4, -0.2) is 23.7 Å². The van der Waals surface area contributed by atoms with Gasteiger partial charge in [-0.3, -0.25) is 4.79 Å². The highest BCUT2D eigenvalue weighted by atomic mass is 16.3. The minimum absolute atomic E-state index is 0.0871. The summed E-state index contributed by atoms with van der Waals surface area (Å²) in [5, 5.41) is 12.9. The molecule has 25 heavy (non-hydrogen) atoms. The number of carbonyl (C=O) groups is 1. The van der Waals surface area contributed by atoms with E-state index in [1.165, 1.54) is 11.1 Å². The van der Waals surface area contributed by atoms with Crippen LogP contribution in [0.1, 0.15) is 48.3 Å². The average molecular weight is 337 g/mol. The maximum absolute atomic E-state index is 12.5. The van der Waals surface area contributed by atoms with Crippen LogP contribution < -0.4 is 5.32 Å². The van der Waals surface area contributed by atoms with E-state index < -0.39 is 0 Å². The third kappa shape index (κ3) is 4.49. The molecule has 1 saturated carbocycles. The number of hydrogen-bond acceptors (Lipinski definition) is 2. The van der Waals surface area contributed by atoms with Gasteiger partial charge in [0.05, 0.1) is 6.10 Å². The van der Waals surface area contributed by atoms with Gasteiger partial charge in [0.25, 0.3) is 0 Å². The minimum atomic E-state index is -0.386. The molecule has 0 radical (unpaired) electrons. The van der Waals surface area contributed by atoms with Gasteiger partial charge in [-0.25, -0.2) is 0 Å². The number of nitrogens with one attached hydrogen (secondary N) is 1. The number of aryl methyl sites for hydroxylation is 1. The zero-order valence-corrected chi connectivity index (χ0v) is 15.0. The van der Waals surface area contributed by atoms with Crippen LogP contribution in [0.5, 0.6) is 0 Å². The summed E-state index contributed by atoms with van der Waals surface area (Å²) in [5.41, 5.74) is 3.72. The molecular formula is C22H27NO2. The van der Waals surface area contributed by atoms with Crippen molar-refractivity contribution in [2.45, 2.75) is 44.6 Å². The van der Waals surface area contributed by atoms with E-state index in [2.05, 4.69) is 36.5 Å². The number of rotatable bonds is 7. The number of aliphatic hydroxyl groups excluding tert-OH is 1. The first-order chi connectivity index (χ1) is 12.1. The molecule has 0 aromatic heterocycles. The summed E-state index contributed by atoms with van der Waals surface area (Å²) in [4.78, 5) is 12.5. The number of hydrogen-bond donors (Lipinski definition) is 2. The molecule has 1 aliphatic carbocycles. The van der Waals surface area contributed by atoms with Gasteiger partial charge in [-0.1, -0.05) is 54.6 Å². The Hall–Kier alpha value is -2.13. The molecule has 2 aromatic carbocycles. The Labute approximate surface area is 150 Å². The molecule has 2 N–H and O–H groups in total. The van der Waals surface area contributed by atoms with E-state index in [0.29, 0.717) is 18.9 Å². The Bertz CT molecular complexity index is 711. The molecule has 2 aromatic rings. The summed E-state index contributed by atoms with van der Waals surface area (Å²) in [6, 6.07) is 18.4. The molecule has 0 spiro atoms. The quantitative estimate of drug-likeness (QED) is 0.808. The van der Waals surface area contributed by atoms with Crippen molar-refractivity contribution in [3.8, 4) is 0 Å². The molecule has 4 unspecified atom stereocenters. The summed E-state index contributed by atoms with van der Waals surface area (Å²) in [5.74, 6) is 0.720. The number of amides is 1. The summed E-state index contributed by atoms with van der Waals surface area (Å²) in [6.07, 6.45) is 1.20. The third-order valence-corrected chi connectivity index (χ3v) is 5.13. The van der Waals surface area contributed by atoms with Gasteiger partial charge in [0.2, 0.25) is 5.91 Å². The largest absolute Gasteiger partial charge is 0.393 e. The average Bonchev–Trinajstić information content (AvgIpc) is 3.40. The van der Waals surface area contributed by atoms with Crippen molar-refractivity contribution in [3.63, 3.8) is 0 Å². The molecule has 0 heterocycles. The minimum Gasteiger partial charge on any atom is -0.393 e. The van der Waals surface area contributed by atoms with Gasteiger partial charge in [-0.15, -0.1) is 0 Å². The smallest absolute Gasteiger partial charge is 0.223 e. The number of carbonyl (C=O) groups excluding carboxylic acids is 1. The lowest BCUT2D eigenvalue weighted by Gasteiger charge is -2.19. The molecule has 1 aliphatic rings. The Kier molecular flexibility index (Phi) is 5.54. The first-order valence-corrected chi connectivity index (χ1v) is 9.12. The summed E-state index contributed by atoms with van der Waals surface area (Å²) >= 11 is 0. The van der Waals surface area contributed by atoms with Crippen LogP contribution in [0.15, 0.2) is 54.6 Å². The van der Waals surface area contributed by atoms with Crippen LogP contribution in [-0.2, 0) is 4.79 Å². The highest BCUT2D eigenvalue weighted by Crippen LogP contribution is 2.48. The Morgan fingerprint density at radius 1 is 1.16 bits per heavy atom. The molecule has 4 atom stereocenters. The van der Waals surface area contributed by atoms with Gasteiger partial charge < -0.3 is 10.4 Å². The molecule has 0 aliphatic heterocycles. The van der Waals surface area contributed by atoms with E-state index in [0.717, 1.165) is 12.0 Å². The second kappa shape index (κ2) is 7.83. The predicted molar refractivity (Wildman–Crippen MR) is 101 cm³/mol. The molecule has 3 nitrogen and oxygen atoms in total. The van der Waals surface area contributed by atoms with Gasteiger partial charge in [-0.2, -0.15) is 0 Å². The van der Waals surface area contributed by atoms with Gasteiger partial charge in [0.1, 0.15) is 0 Å². The van der Waals surface area contributed by atoms with Gasteiger partial charge in [0.15, 0.2) is 0 Å². The van der Waals surface area contributed by atoms with Gasteiger partial charge >= 0.3 is 0 Å². The fourth-order valence-electron chi connectivity index (χ4n) is 3.66. The van der Waals surface area contributed by atoms with E-state index in [1.807, 2.05) is 30.3 Å². The van der Waals surface area contributed by atoms with Crippen molar-refractivity contribution in [2.24, 2.45) is 5.92 Å². The van der Waals surface area contributed by atoms with Crippen LogP contribution in [0.2, 0.25) is 0 Å². The lowest BCUT2D eigenvalue weighted by molar-refractivity contribution is -0.122. The SMILES string of the molecule is Cc1ccccc1C1CC1C(=O)NCC(CC(C)O)c1ccccc1. The number of benzene rings is 2. The molecular weight excluding hydrogens is 310 g/mol. The molecule has 0 saturated heterocycles. The maximum Gasteiger partial charge on any atom is 0.223 e. The van der Waals surface area contributed by atoms with Crippen LogP contribution in [0.3, 0.4) is 0 Å². The van der Waals surface area contributed by atoms with Crippen LogP contribution in [0, 0.1) is 12.8 Å². The highest BCUT2D eigenvalue weighted by molar-refractivity contribution is 5.83. The van der Waals surface area contributed by atoms with Gasteiger partial charge in [-0.05, 0) is 49.3 Å². The van der Waals surface area contributed by atoms with Crippen molar-refractivity contribution in [1.29, 1.82) is 0 Å². The standard InChI is InChI=1S/C22H27NO2/c1-15-8-6-7-11-19(15)20-13-21(20)22(25)23-14-18(12-16(2)24)17-9-4-3-5-10-17/h3-11,16,18,20-21,24H,12-14H2,1-2H3,(H,23,25). The first kappa shape index (κ1) is 17.7. The van der Waals surface area contributed by atoms with Crippen molar-refractivity contribution in [2.75, 3.05) is 6.54 Å². The van der Waals surface area contributed by atoms with E-state index in [1.54, 1.807) is 6.92 Å². The summed E-state index contributed by atoms with van der Waals surface area (Å²) < 4.78 is 0. The van der Waals surface area contributed by atoms with Crippen molar-refractivity contribution < 1.29 is 9.90 Å². The van der Waals surface area contributed by atoms with Crippen molar-refractivity contribution >= 4 is 5.91 Å². The molecule has 1 fully saturated rings. The zero-order chi connectivity index (χ0) is 17.8. The Balaban J connectivity index is 1.58. The zero-order valence-electron chi connectivity index (χ0n) is 15.0. The van der Waals surface area contributed by atoms with Crippen LogP contribution in [0.4, 0.5) is 0 Å². The summed E-state index contributed by atoms with van der Waals surface area (Å²) in [7, 11) is 0. The fourth-order valence-corrected chi connectivity index (χ4v) is 3.66. The lowest BCUT2D eigenvalue weighted by atomic mass is 9.93. The predicted octanol–water partition coefficient (Wildman–Crippen LogP) is 3.77. The summed E-state index contributed by atoms with van der Waals surface area (Å²) in [6.45, 7) is 4.48. The second-order valence-corrected chi connectivity index (χ2v) is 7.24. The second-order valence-electron chi connectivity index (χ2n) is 7.24. The van der Waals surface area contributed by atoms with Crippen molar-refractivity contribution in [1.82, 2.24) is 5.32 Å². The third-order valence-electron chi connectivity index (χ3n) is 5.13. The lowest BCUT2D eigenvalue weighted by Crippen LogP contribution is -2.31. The molecule has 1 amide bonds. The van der Waals surface area contributed by atoms with Gasteiger partial charge in [0, 0.05) is 18.4 Å². The van der Waals surface area contributed by atoms with E-state index in [9.17, 15) is 9.90 Å². The Morgan fingerprint density at radius 2 is 1.84 bits per heavy atom. The monoisotopic (exact) mass is 337 g/mol. The molecule has 0 bridgehead atoms. The van der Waals surface area contributed by atoms with E-state index in [4.69, 9.17) is 0 Å². The first-order valence-electron chi connectivity index (χ1n) is 9.12. The van der Waals surface area contributed by atoms with Crippen LogP contribution >= 0.6 is 0 Å². The van der Waals surface area contributed by atoms with Crippen molar-refractivity contribution in [3.05, 3.63) is 71.3 Å². The number of aliphatic hydroxyl groups is 1. The van der Waals surface area contributed by atoms with Crippen LogP contribution in [0.25, 0.3) is 0 Å². The van der Waals surface area contributed by atoms with E-state index in [-0.39, 0.29) is 23.8 Å². The normalized spacial score (nSPS) is 21.4. The molecule has 132 valence electrons. The molecule has 3 rings (SSSR count). The highest BCUT2D eigenvalue weighted by Gasteiger charge is 2.44. The topological polar surface area (TPSA) is 49.3 Å².